The molecule has 0 aliphatic carbocycles. The van der Waals surface area contributed by atoms with E-state index < -0.39 is 0 Å². The average molecular weight is 372 g/mol. The third kappa shape index (κ3) is 3.36. The van der Waals surface area contributed by atoms with Crippen molar-refractivity contribution in [3.63, 3.8) is 0 Å². The van der Waals surface area contributed by atoms with Crippen molar-refractivity contribution in [2.45, 2.75) is 13.1 Å². The minimum Gasteiger partial charge on any atom is -0.507 e. The minimum atomic E-state index is 0.229. The number of quaternary nitrogens is 2. The number of hydrogen-bond acceptors (Lipinski definition) is 5. The van der Waals surface area contributed by atoms with E-state index in [4.69, 9.17) is 18.9 Å². The number of nitrogens with one attached hydrogen (secondary N) is 2. The Labute approximate surface area is 157 Å². The molecule has 0 saturated carbocycles. The summed E-state index contributed by atoms with van der Waals surface area (Å²) in [6.07, 6.45) is 0. The van der Waals surface area contributed by atoms with Crippen LogP contribution in [0.15, 0.2) is 30.3 Å². The number of aromatic hydroxyl groups is 1. The van der Waals surface area contributed by atoms with E-state index in [1.807, 2.05) is 12.1 Å². The van der Waals surface area contributed by atoms with Gasteiger partial charge in [0, 0.05) is 11.6 Å². The minimum absolute atomic E-state index is 0.229. The Balaban J connectivity index is 1.17. The zero-order valence-electron chi connectivity index (χ0n) is 15.1. The lowest BCUT2D eigenvalue weighted by Gasteiger charge is -2.30. The SMILES string of the molecule is Oc1cc2c(cc1C[NH+]1CC[NH+](Cc3ccc4c(c3)OCO4)CC1)OCO2. The number of fused-ring (bicyclic) bond motifs is 2. The molecule has 7 nitrogen and oxygen atoms in total. The first-order valence-corrected chi connectivity index (χ1v) is 9.42. The molecule has 0 unspecified atom stereocenters. The summed E-state index contributed by atoms with van der Waals surface area (Å²) in [5, 5.41) is 10.3. The van der Waals surface area contributed by atoms with Crippen molar-refractivity contribution in [2.75, 3.05) is 39.8 Å². The predicted octanol–water partition coefficient (Wildman–Crippen LogP) is -0.667. The predicted molar refractivity (Wildman–Crippen MR) is 95.6 cm³/mol. The maximum Gasteiger partial charge on any atom is 0.231 e. The third-order valence-corrected chi connectivity index (χ3v) is 5.57. The second kappa shape index (κ2) is 6.83. The van der Waals surface area contributed by atoms with Crippen molar-refractivity contribution in [1.29, 1.82) is 0 Å². The summed E-state index contributed by atoms with van der Waals surface area (Å²) in [6.45, 7) is 6.72. The molecule has 142 valence electrons. The van der Waals surface area contributed by atoms with Crippen molar-refractivity contribution in [3.8, 4) is 28.7 Å². The van der Waals surface area contributed by atoms with Crippen LogP contribution in [0.25, 0.3) is 0 Å². The summed E-state index contributed by atoms with van der Waals surface area (Å²) in [5.74, 6) is 3.35. The van der Waals surface area contributed by atoms with Crippen molar-refractivity contribution < 1.29 is 33.9 Å². The van der Waals surface area contributed by atoms with Crippen molar-refractivity contribution in [1.82, 2.24) is 0 Å². The van der Waals surface area contributed by atoms with Crippen molar-refractivity contribution >= 4 is 0 Å². The molecule has 3 heterocycles. The summed E-state index contributed by atoms with van der Waals surface area (Å²) >= 11 is 0. The van der Waals surface area contributed by atoms with Crippen LogP contribution in [0.4, 0.5) is 0 Å². The van der Waals surface area contributed by atoms with E-state index >= 15 is 0 Å². The molecule has 27 heavy (non-hydrogen) atoms. The Kier molecular flexibility index (Phi) is 4.18. The monoisotopic (exact) mass is 372 g/mol. The molecule has 0 atom stereocenters. The van der Waals surface area contributed by atoms with Gasteiger partial charge in [-0.1, -0.05) is 0 Å². The summed E-state index contributed by atoms with van der Waals surface area (Å²) in [4.78, 5) is 3.06. The van der Waals surface area contributed by atoms with Gasteiger partial charge in [0.1, 0.15) is 45.0 Å². The summed E-state index contributed by atoms with van der Waals surface area (Å²) in [7, 11) is 0. The number of piperazine rings is 1. The van der Waals surface area contributed by atoms with E-state index in [2.05, 4.69) is 12.1 Å². The van der Waals surface area contributed by atoms with E-state index in [1.165, 1.54) is 10.5 Å². The quantitative estimate of drug-likeness (QED) is 0.665. The maximum atomic E-state index is 10.3. The van der Waals surface area contributed by atoms with Gasteiger partial charge in [-0.05, 0) is 24.3 Å². The van der Waals surface area contributed by atoms with E-state index in [9.17, 15) is 5.11 Å². The number of phenolic OH excluding ortho intramolecular Hbond substituents is 1. The van der Waals surface area contributed by atoms with Crippen LogP contribution in [0.1, 0.15) is 11.1 Å². The first-order valence-electron chi connectivity index (χ1n) is 9.42. The largest absolute Gasteiger partial charge is 0.507 e. The lowest BCUT2D eigenvalue weighted by molar-refractivity contribution is -1.02. The van der Waals surface area contributed by atoms with Crippen LogP contribution in [0, 0.1) is 0 Å². The molecule has 3 N–H and O–H groups in total. The van der Waals surface area contributed by atoms with Gasteiger partial charge in [0.25, 0.3) is 0 Å². The topological polar surface area (TPSA) is 66.0 Å². The Morgan fingerprint density at radius 2 is 1.30 bits per heavy atom. The van der Waals surface area contributed by atoms with Gasteiger partial charge in [-0.25, -0.2) is 0 Å². The lowest BCUT2D eigenvalue weighted by Crippen LogP contribution is -3.27. The van der Waals surface area contributed by atoms with Gasteiger partial charge < -0.3 is 33.9 Å². The van der Waals surface area contributed by atoms with Gasteiger partial charge in [0.05, 0.1) is 5.56 Å². The molecule has 5 rings (SSSR count). The van der Waals surface area contributed by atoms with Crippen LogP contribution in [0.5, 0.6) is 28.7 Å². The lowest BCUT2D eigenvalue weighted by atomic mass is 10.1. The van der Waals surface area contributed by atoms with Gasteiger partial charge in [0.2, 0.25) is 13.6 Å². The van der Waals surface area contributed by atoms with Crippen LogP contribution in [-0.4, -0.2) is 44.9 Å². The van der Waals surface area contributed by atoms with Gasteiger partial charge in [-0.15, -0.1) is 0 Å². The van der Waals surface area contributed by atoms with Crippen LogP contribution >= 0.6 is 0 Å². The molecule has 1 fully saturated rings. The first-order chi connectivity index (χ1) is 13.2. The normalized spacial score (nSPS) is 22.8. The van der Waals surface area contributed by atoms with Gasteiger partial charge in [-0.2, -0.15) is 0 Å². The molecule has 0 radical (unpaired) electrons. The third-order valence-electron chi connectivity index (χ3n) is 5.57. The Morgan fingerprint density at radius 3 is 2.04 bits per heavy atom. The number of phenols is 1. The fourth-order valence-electron chi connectivity index (χ4n) is 4.03. The molecule has 0 spiro atoms. The van der Waals surface area contributed by atoms with Gasteiger partial charge >= 0.3 is 0 Å². The molecule has 2 aromatic rings. The highest BCUT2D eigenvalue weighted by molar-refractivity contribution is 5.51. The number of hydrogen-bond donors (Lipinski definition) is 3. The zero-order valence-corrected chi connectivity index (χ0v) is 15.1. The molecule has 3 aliphatic rings. The molecule has 1 saturated heterocycles. The smallest absolute Gasteiger partial charge is 0.231 e. The highest BCUT2D eigenvalue weighted by Crippen LogP contribution is 2.37. The molecular weight excluding hydrogens is 348 g/mol. The summed E-state index contributed by atoms with van der Waals surface area (Å²) in [5.41, 5.74) is 2.21. The van der Waals surface area contributed by atoms with Crippen LogP contribution in [0.3, 0.4) is 0 Å². The fourth-order valence-corrected chi connectivity index (χ4v) is 4.03. The first kappa shape index (κ1) is 16.5. The highest BCUT2D eigenvalue weighted by atomic mass is 16.7. The molecule has 7 heteroatoms. The van der Waals surface area contributed by atoms with Crippen molar-refractivity contribution in [2.24, 2.45) is 0 Å². The van der Waals surface area contributed by atoms with Gasteiger partial charge in [0.15, 0.2) is 23.0 Å². The number of rotatable bonds is 4. The average Bonchev–Trinajstić information content (AvgIpc) is 3.32. The van der Waals surface area contributed by atoms with E-state index in [0.29, 0.717) is 18.3 Å². The summed E-state index contributed by atoms with van der Waals surface area (Å²) in [6, 6.07) is 9.80. The van der Waals surface area contributed by atoms with Gasteiger partial charge in [-0.3, -0.25) is 0 Å². The Bertz CT molecular complexity index is 849. The van der Waals surface area contributed by atoms with Crippen molar-refractivity contribution in [3.05, 3.63) is 41.5 Å². The number of ether oxygens (including phenoxy) is 4. The van der Waals surface area contributed by atoms with E-state index in [1.54, 1.807) is 11.0 Å². The molecule has 0 bridgehead atoms. The molecule has 2 aromatic carbocycles. The highest BCUT2D eigenvalue weighted by Gasteiger charge is 2.26. The Hall–Kier alpha value is -2.64. The van der Waals surface area contributed by atoms with Crippen LogP contribution < -0.4 is 28.7 Å². The van der Waals surface area contributed by atoms with E-state index in [0.717, 1.165) is 62.1 Å². The Morgan fingerprint density at radius 1 is 0.704 bits per heavy atom. The molecular formula is C20H24N2O5+2. The standard InChI is InChI=1S/C20H22N2O5/c23-16-9-20-19(26-13-27-20)8-15(16)11-22-5-3-21(4-6-22)10-14-1-2-17-18(7-14)25-12-24-17/h1-2,7-9,23H,3-6,10-13H2/p+2. The zero-order chi connectivity index (χ0) is 18.2. The molecule has 0 aromatic heterocycles. The maximum absolute atomic E-state index is 10.3. The van der Waals surface area contributed by atoms with Crippen LogP contribution in [-0.2, 0) is 13.1 Å². The number of benzene rings is 2. The second-order valence-electron chi connectivity index (χ2n) is 7.38. The molecule has 0 amide bonds. The fraction of sp³-hybridized carbons (Fsp3) is 0.400. The van der Waals surface area contributed by atoms with E-state index in [-0.39, 0.29) is 6.79 Å². The van der Waals surface area contributed by atoms with Crippen LogP contribution in [0.2, 0.25) is 0 Å². The summed E-state index contributed by atoms with van der Waals surface area (Å²) < 4.78 is 21.6. The second-order valence-corrected chi connectivity index (χ2v) is 7.38. The molecule has 3 aliphatic heterocycles.